The van der Waals surface area contributed by atoms with Crippen LogP contribution < -0.4 is 11.1 Å². The van der Waals surface area contributed by atoms with Crippen molar-refractivity contribution in [2.75, 3.05) is 0 Å². The van der Waals surface area contributed by atoms with E-state index in [0.29, 0.717) is 6.42 Å². The fourth-order valence-corrected chi connectivity index (χ4v) is 2.69. The summed E-state index contributed by atoms with van der Waals surface area (Å²) in [7, 11) is 0. The lowest BCUT2D eigenvalue weighted by Gasteiger charge is -2.25. The van der Waals surface area contributed by atoms with Gasteiger partial charge in [0, 0.05) is 4.88 Å². The van der Waals surface area contributed by atoms with Crippen LogP contribution in [0, 0.1) is 0 Å². The number of nitrogens with one attached hydrogen (secondary N) is 1. The minimum atomic E-state index is -0.802. The third-order valence-corrected chi connectivity index (χ3v) is 4.07. The quantitative estimate of drug-likeness (QED) is 0.874. The number of amides is 1. The van der Waals surface area contributed by atoms with Gasteiger partial charge in [-0.1, -0.05) is 24.9 Å². The molecule has 0 aromatic carbocycles. The van der Waals surface area contributed by atoms with Crippen molar-refractivity contribution >= 4 is 41.3 Å². The van der Waals surface area contributed by atoms with Crippen molar-refractivity contribution in [1.29, 1.82) is 0 Å². The van der Waals surface area contributed by atoms with Crippen LogP contribution in [0.3, 0.4) is 0 Å². The summed E-state index contributed by atoms with van der Waals surface area (Å²) >= 11 is 7.33. The number of carbonyl (C=O) groups excluding carboxylic acids is 1. The van der Waals surface area contributed by atoms with Gasteiger partial charge in [0.25, 0.3) is 0 Å². The maximum absolute atomic E-state index is 12.0. The van der Waals surface area contributed by atoms with Crippen LogP contribution in [-0.4, -0.2) is 11.4 Å². The summed E-state index contributed by atoms with van der Waals surface area (Å²) in [6.07, 6.45) is 1.57. The van der Waals surface area contributed by atoms with Crippen molar-refractivity contribution < 1.29 is 4.79 Å². The molecule has 0 fully saturated rings. The Morgan fingerprint density at radius 2 is 2.22 bits per heavy atom. The van der Waals surface area contributed by atoms with E-state index in [4.69, 9.17) is 17.3 Å². The first-order valence-electron chi connectivity index (χ1n) is 5.72. The van der Waals surface area contributed by atoms with Crippen LogP contribution in [-0.2, 0) is 4.79 Å². The first kappa shape index (κ1) is 17.7. The summed E-state index contributed by atoms with van der Waals surface area (Å²) in [5.74, 6) is -0.114. The largest absolute Gasteiger partial charge is 0.347 e. The van der Waals surface area contributed by atoms with E-state index in [1.165, 1.54) is 11.3 Å². The maximum atomic E-state index is 12.0. The highest BCUT2D eigenvalue weighted by molar-refractivity contribution is 7.16. The zero-order chi connectivity index (χ0) is 13.1. The van der Waals surface area contributed by atoms with Crippen LogP contribution in [0.4, 0.5) is 0 Å². The molecular formula is C12H20Cl2N2OS. The molecular weight excluding hydrogens is 291 g/mol. The van der Waals surface area contributed by atoms with E-state index in [9.17, 15) is 4.79 Å². The van der Waals surface area contributed by atoms with E-state index in [1.807, 2.05) is 26.0 Å². The van der Waals surface area contributed by atoms with Crippen molar-refractivity contribution in [3.05, 3.63) is 21.3 Å². The van der Waals surface area contributed by atoms with E-state index in [0.717, 1.165) is 15.6 Å². The predicted molar refractivity (Wildman–Crippen MR) is 80.6 cm³/mol. The number of carbonyl (C=O) groups is 1. The highest BCUT2D eigenvalue weighted by atomic mass is 35.5. The Morgan fingerprint density at radius 1 is 1.61 bits per heavy atom. The Bertz CT molecular complexity index is 393. The fraction of sp³-hybridized carbons (Fsp3) is 0.583. The van der Waals surface area contributed by atoms with Gasteiger partial charge in [0.1, 0.15) is 0 Å². The van der Waals surface area contributed by atoms with Gasteiger partial charge in [-0.05, 0) is 32.4 Å². The Balaban J connectivity index is 0.00000289. The molecule has 3 N–H and O–H groups in total. The Labute approximate surface area is 123 Å². The summed E-state index contributed by atoms with van der Waals surface area (Å²) in [6.45, 7) is 5.71. The Hall–Kier alpha value is -0.290. The number of rotatable bonds is 5. The molecule has 1 aromatic rings. The summed E-state index contributed by atoms with van der Waals surface area (Å²) in [5.41, 5.74) is 5.17. The van der Waals surface area contributed by atoms with Crippen molar-refractivity contribution in [1.82, 2.24) is 5.32 Å². The van der Waals surface area contributed by atoms with Gasteiger partial charge in [0.15, 0.2) is 0 Å². The van der Waals surface area contributed by atoms with Crippen LogP contribution in [0.2, 0.25) is 4.34 Å². The van der Waals surface area contributed by atoms with E-state index < -0.39 is 5.54 Å². The van der Waals surface area contributed by atoms with Crippen molar-refractivity contribution in [2.24, 2.45) is 5.73 Å². The van der Waals surface area contributed by atoms with Gasteiger partial charge in [-0.15, -0.1) is 23.7 Å². The molecule has 2 unspecified atom stereocenters. The lowest BCUT2D eigenvalue weighted by Crippen LogP contribution is -2.51. The molecule has 104 valence electrons. The Morgan fingerprint density at radius 3 is 2.67 bits per heavy atom. The lowest BCUT2D eigenvalue weighted by molar-refractivity contribution is -0.126. The van der Waals surface area contributed by atoms with Crippen LogP contribution in [0.15, 0.2) is 12.1 Å². The molecule has 1 heterocycles. The van der Waals surface area contributed by atoms with Crippen molar-refractivity contribution in [2.45, 2.75) is 45.2 Å². The van der Waals surface area contributed by atoms with Crippen LogP contribution in [0.5, 0.6) is 0 Å². The molecule has 18 heavy (non-hydrogen) atoms. The van der Waals surface area contributed by atoms with Gasteiger partial charge in [-0.25, -0.2) is 0 Å². The van der Waals surface area contributed by atoms with E-state index in [1.54, 1.807) is 6.92 Å². The highest BCUT2D eigenvalue weighted by Gasteiger charge is 2.28. The average molecular weight is 311 g/mol. The van der Waals surface area contributed by atoms with Crippen LogP contribution >= 0.6 is 35.3 Å². The maximum Gasteiger partial charge on any atom is 0.240 e. The molecule has 0 aliphatic rings. The van der Waals surface area contributed by atoms with Crippen LogP contribution in [0.25, 0.3) is 0 Å². The minimum Gasteiger partial charge on any atom is -0.347 e. The van der Waals surface area contributed by atoms with E-state index in [2.05, 4.69) is 5.32 Å². The molecule has 0 saturated heterocycles. The van der Waals surface area contributed by atoms with Crippen molar-refractivity contribution in [3.8, 4) is 0 Å². The minimum absolute atomic E-state index is 0. The third kappa shape index (κ3) is 4.76. The summed E-state index contributed by atoms with van der Waals surface area (Å²) in [4.78, 5) is 13.0. The lowest BCUT2D eigenvalue weighted by atomic mass is 9.96. The number of halogens is 2. The normalized spacial score (nSPS) is 15.4. The van der Waals surface area contributed by atoms with Gasteiger partial charge in [-0.3, -0.25) is 4.79 Å². The molecule has 0 aliphatic heterocycles. The number of thiophene rings is 1. The third-order valence-electron chi connectivity index (χ3n) is 2.66. The summed E-state index contributed by atoms with van der Waals surface area (Å²) in [5, 5.41) is 2.92. The molecule has 0 saturated carbocycles. The SMILES string of the molecule is CCCC(C)(N)C(=O)NC(C)c1ccc(Cl)s1.Cl. The topological polar surface area (TPSA) is 55.1 Å². The zero-order valence-electron chi connectivity index (χ0n) is 10.8. The first-order valence-corrected chi connectivity index (χ1v) is 6.91. The molecule has 1 amide bonds. The zero-order valence-corrected chi connectivity index (χ0v) is 13.2. The molecule has 0 spiro atoms. The first-order chi connectivity index (χ1) is 7.86. The summed E-state index contributed by atoms with van der Waals surface area (Å²) < 4.78 is 0.727. The molecule has 2 atom stereocenters. The summed E-state index contributed by atoms with van der Waals surface area (Å²) in [6, 6.07) is 3.70. The fourth-order valence-electron chi connectivity index (χ4n) is 1.63. The van der Waals surface area contributed by atoms with Crippen LogP contribution in [0.1, 0.15) is 44.5 Å². The molecule has 3 nitrogen and oxygen atoms in total. The van der Waals surface area contributed by atoms with Gasteiger partial charge >= 0.3 is 0 Å². The van der Waals surface area contributed by atoms with Gasteiger partial charge in [0.2, 0.25) is 5.91 Å². The highest BCUT2D eigenvalue weighted by Crippen LogP contribution is 2.27. The molecule has 6 heteroatoms. The standard InChI is InChI=1S/C12H19ClN2OS.ClH/c1-4-7-12(3,14)11(16)15-8(2)9-5-6-10(13)17-9;/h5-6,8H,4,7,14H2,1-3H3,(H,15,16);1H. The second kappa shape index (κ2) is 7.34. The van der Waals surface area contributed by atoms with Gasteiger partial charge in [0.05, 0.1) is 15.9 Å². The molecule has 0 bridgehead atoms. The predicted octanol–water partition coefficient (Wildman–Crippen LogP) is 3.52. The monoisotopic (exact) mass is 310 g/mol. The number of hydrogen-bond acceptors (Lipinski definition) is 3. The van der Waals surface area contributed by atoms with Crippen molar-refractivity contribution in [3.63, 3.8) is 0 Å². The van der Waals surface area contributed by atoms with E-state index in [-0.39, 0.29) is 24.4 Å². The average Bonchev–Trinajstić information content (AvgIpc) is 2.64. The Kier molecular flexibility index (Phi) is 7.22. The molecule has 1 aromatic heterocycles. The molecule has 0 radical (unpaired) electrons. The second-order valence-corrected chi connectivity index (χ2v) is 6.25. The number of hydrogen-bond donors (Lipinski definition) is 2. The van der Waals surface area contributed by atoms with Gasteiger partial charge < -0.3 is 11.1 Å². The van der Waals surface area contributed by atoms with E-state index >= 15 is 0 Å². The smallest absolute Gasteiger partial charge is 0.240 e. The van der Waals surface area contributed by atoms with Gasteiger partial charge in [-0.2, -0.15) is 0 Å². The second-order valence-electron chi connectivity index (χ2n) is 4.50. The number of nitrogens with two attached hydrogens (primary N) is 1. The molecule has 0 aliphatic carbocycles. The molecule has 1 rings (SSSR count).